The Labute approximate surface area is 109 Å². The highest BCUT2D eigenvalue weighted by molar-refractivity contribution is 7.78. The van der Waals surface area contributed by atoms with E-state index in [4.69, 9.17) is 9.31 Å². The second kappa shape index (κ2) is 4.45. The molecule has 8 heteroatoms. The smallest absolute Gasteiger partial charge is 0.498 e. The van der Waals surface area contributed by atoms with Crippen molar-refractivity contribution < 1.29 is 18.1 Å². The summed E-state index contributed by atoms with van der Waals surface area (Å²) in [4.78, 5) is 0. The average Bonchev–Trinajstić information content (AvgIpc) is 2.70. The SMILES string of the molecule is CC1(C)OB(c2cnn(CS(=O)[O-])c2)OC1(C)C. The zero-order valence-electron chi connectivity index (χ0n) is 10.9. The molecule has 0 saturated carbocycles. The summed E-state index contributed by atoms with van der Waals surface area (Å²) >= 11 is -2.17. The predicted molar refractivity (Wildman–Crippen MR) is 66.9 cm³/mol. The van der Waals surface area contributed by atoms with Crippen LogP contribution in [0.15, 0.2) is 12.4 Å². The Hall–Kier alpha value is -0.695. The molecule has 0 N–H and O–H groups in total. The van der Waals surface area contributed by atoms with Crippen LogP contribution >= 0.6 is 0 Å². The first-order valence-electron chi connectivity index (χ1n) is 5.65. The molecule has 18 heavy (non-hydrogen) atoms. The summed E-state index contributed by atoms with van der Waals surface area (Å²) in [5, 5.41) is 3.96. The molecule has 0 aliphatic carbocycles. The third-order valence-electron chi connectivity index (χ3n) is 3.42. The molecule has 6 nitrogen and oxygen atoms in total. The zero-order valence-corrected chi connectivity index (χ0v) is 11.7. The summed E-state index contributed by atoms with van der Waals surface area (Å²) in [7, 11) is -0.510. The van der Waals surface area contributed by atoms with Crippen molar-refractivity contribution in [2.75, 3.05) is 0 Å². The predicted octanol–water partition coefficient (Wildman–Crippen LogP) is 0.0189. The molecule has 1 saturated heterocycles. The first-order valence-corrected chi connectivity index (χ1v) is 6.89. The second-order valence-corrected chi connectivity index (χ2v) is 6.20. The molecule has 0 spiro atoms. The van der Waals surface area contributed by atoms with E-state index in [9.17, 15) is 8.76 Å². The van der Waals surface area contributed by atoms with Gasteiger partial charge in [-0.1, -0.05) is 0 Å². The molecular weight excluding hydrogens is 255 g/mol. The monoisotopic (exact) mass is 271 g/mol. The van der Waals surface area contributed by atoms with Crippen LogP contribution < -0.4 is 5.46 Å². The van der Waals surface area contributed by atoms with E-state index < -0.39 is 29.4 Å². The van der Waals surface area contributed by atoms with Gasteiger partial charge in [0.05, 0.1) is 11.2 Å². The van der Waals surface area contributed by atoms with Crippen LogP contribution in [0.4, 0.5) is 0 Å². The van der Waals surface area contributed by atoms with E-state index in [0.717, 1.165) is 5.46 Å². The van der Waals surface area contributed by atoms with Crippen molar-refractivity contribution in [1.29, 1.82) is 0 Å². The van der Waals surface area contributed by atoms with E-state index >= 15 is 0 Å². The lowest BCUT2D eigenvalue weighted by molar-refractivity contribution is 0.00578. The van der Waals surface area contributed by atoms with Gasteiger partial charge in [-0.2, -0.15) is 5.10 Å². The molecular formula is C10H16BN2O4S-. The van der Waals surface area contributed by atoms with E-state index in [-0.39, 0.29) is 5.88 Å². The zero-order chi connectivity index (χ0) is 13.6. The number of rotatable bonds is 3. The average molecular weight is 271 g/mol. The van der Waals surface area contributed by atoms with Gasteiger partial charge in [-0.05, 0) is 38.8 Å². The molecule has 1 aliphatic heterocycles. The lowest BCUT2D eigenvalue weighted by Crippen LogP contribution is -2.41. The highest BCUT2D eigenvalue weighted by atomic mass is 32.2. The van der Waals surface area contributed by atoms with Crippen LogP contribution in [0.3, 0.4) is 0 Å². The van der Waals surface area contributed by atoms with Gasteiger partial charge in [0, 0.05) is 17.9 Å². The van der Waals surface area contributed by atoms with E-state index in [1.807, 2.05) is 27.7 Å². The van der Waals surface area contributed by atoms with Gasteiger partial charge < -0.3 is 13.9 Å². The van der Waals surface area contributed by atoms with Gasteiger partial charge in [-0.25, -0.2) is 0 Å². The number of aromatic nitrogens is 2. The van der Waals surface area contributed by atoms with Crippen LogP contribution in [0, 0.1) is 0 Å². The quantitative estimate of drug-likeness (QED) is 0.572. The number of hydrogen-bond acceptors (Lipinski definition) is 5. The van der Waals surface area contributed by atoms with Crippen molar-refractivity contribution in [3.05, 3.63) is 12.4 Å². The molecule has 2 rings (SSSR count). The van der Waals surface area contributed by atoms with Gasteiger partial charge in [-0.15, -0.1) is 0 Å². The van der Waals surface area contributed by atoms with Crippen LogP contribution in [0.2, 0.25) is 0 Å². The Morgan fingerprint density at radius 2 is 1.94 bits per heavy atom. The summed E-state index contributed by atoms with van der Waals surface area (Å²) in [5.74, 6) is -0.167. The van der Waals surface area contributed by atoms with E-state index in [2.05, 4.69) is 5.10 Å². The lowest BCUT2D eigenvalue weighted by atomic mass is 9.82. The molecule has 1 aliphatic rings. The maximum atomic E-state index is 10.6. The van der Waals surface area contributed by atoms with Gasteiger partial charge in [0.2, 0.25) is 0 Å². The first-order chi connectivity index (χ1) is 8.21. The maximum absolute atomic E-state index is 10.6. The van der Waals surface area contributed by atoms with Gasteiger partial charge in [0.15, 0.2) is 0 Å². The molecule has 2 heterocycles. The van der Waals surface area contributed by atoms with Crippen molar-refractivity contribution in [3.63, 3.8) is 0 Å². The van der Waals surface area contributed by atoms with Crippen molar-refractivity contribution in [2.24, 2.45) is 0 Å². The Morgan fingerprint density at radius 3 is 2.44 bits per heavy atom. The molecule has 1 fully saturated rings. The van der Waals surface area contributed by atoms with Crippen LogP contribution in [0.25, 0.3) is 0 Å². The molecule has 100 valence electrons. The van der Waals surface area contributed by atoms with E-state index in [0.29, 0.717) is 0 Å². The van der Waals surface area contributed by atoms with Gasteiger partial charge in [-0.3, -0.25) is 8.89 Å². The molecule has 0 amide bonds. The normalized spacial score (nSPS) is 23.3. The van der Waals surface area contributed by atoms with Crippen molar-refractivity contribution in [2.45, 2.75) is 44.8 Å². The fraction of sp³-hybridized carbons (Fsp3) is 0.700. The third kappa shape index (κ3) is 2.51. The fourth-order valence-electron chi connectivity index (χ4n) is 1.66. The minimum atomic E-state index is -2.17. The Balaban J connectivity index is 2.15. The Kier molecular flexibility index (Phi) is 3.39. The molecule has 1 unspecified atom stereocenters. The van der Waals surface area contributed by atoms with E-state index in [1.54, 1.807) is 12.4 Å². The Morgan fingerprint density at radius 1 is 1.39 bits per heavy atom. The van der Waals surface area contributed by atoms with Crippen LogP contribution in [0.5, 0.6) is 0 Å². The van der Waals surface area contributed by atoms with Gasteiger partial charge >= 0.3 is 7.12 Å². The molecule has 1 aromatic heterocycles. The van der Waals surface area contributed by atoms with Crippen molar-refractivity contribution in [1.82, 2.24) is 9.78 Å². The third-order valence-corrected chi connectivity index (χ3v) is 3.89. The summed E-state index contributed by atoms with van der Waals surface area (Å²) in [5.41, 5.74) is -0.110. The topological polar surface area (TPSA) is 76.4 Å². The highest BCUT2D eigenvalue weighted by Gasteiger charge is 2.52. The minimum absolute atomic E-state index is 0.167. The van der Waals surface area contributed by atoms with Crippen molar-refractivity contribution >= 4 is 23.7 Å². The largest absolute Gasteiger partial charge is 0.771 e. The second-order valence-electron chi connectivity index (χ2n) is 5.33. The summed E-state index contributed by atoms with van der Waals surface area (Å²) in [6.45, 7) is 7.85. The maximum Gasteiger partial charge on any atom is 0.498 e. The standard InChI is InChI=1S/C10H17BN2O4S/c1-9(2)10(3,4)17-11(16-9)8-5-12-13(6-8)7-18(14)15/h5-6H,7H2,1-4H3,(H,14,15)/p-1. The molecule has 0 radical (unpaired) electrons. The first kappa shape index (κ1) is 13.7. The molecule has 1 atom stereocenters. The molecule has 0 bridgehead atoms. The Bertz CT molecular complexity index is 458. The lowest BCUT2D eigenvalue weighted by Gasteiger charge is -2.32. The molecule has 1 aromatic rings. The fourth-order valence-corrected chi connectivity index (χ4v) is 2.02. The van der Waals surface area contributed by atoms with Crippen LogP contribution in [0.1, 0.15) is 27.7 Å². The summed E-state index contributed by atoms with van der Waals surface area (Å²) < 4.78 is 34.2. The number of hydrogen-bond donors (Lipinski definition) is 0. The van der Waals surface area contributed by atoms with Gasteiger partial charge in [0.1, 0.15) is 5.88 Å². The van der Waals surface area contributed by atoms with Gasteiger partial charge in [0.25, 0.3) is 0 Å². The summed E-state index contributed by atoms with van der Waals surface area (Å²) in [6.07, 6.45) is 3.19. The minimum Gasteiger partial charge on any atom is -0.771 e. The number of nitrogens with zero attached hydrogens (tertiary/aromatic N) is 2. The van der Waals surface area contributed by atoms with Crippen LogP contribution in [-0.4, -0.2) is 36.9 Å². The molecule has 0 aromatic carbocycles. The van der Waals surface area contributed by atoms with Crippen LogP contribution in [-0.2, 0) is 26.3 Å². The highest BCUT2D eigenvalue weighted by Crippen LogP contribution is 2.36. The van der Waals surface area contributed by atoms with Crippen molar-refractivity contribution in [3.8, 4) is 0 Å². The van der Waals surface area contributed by atoms with E-state index in [1.165, 1.54) is 4.68 Å². The summed E-state index contributed by atoms with van der Waals surface area (Å²) in [6, 6.07) is 0.